The van der Waals surface area contributed by atoms with E-state index in [2.05, 4.69) is 40.5 Å². The zero-order chi connectivity index (χ0) is 20.2. The number of benzene rings is 2. The quantitative estimate of drug-likeness (QED) is 0.791. The van der Waals surface area contributed by atoms with E-state index in [0.717, 1.165) is 43.8 Å². The van der Waals surface area contributed by atoms with Crippen molar-refractivity contribution in [1.82, 2.24) is 10.2 Å². The summed E-state index contributed by atoms with van der Waals surface area (Å²) >= 11 is 0. The van der Waals surface area contributed by atoms with Crippen LogP contribution in [0.2, 0.25) is 0 Å². The molecule has 1 saturated heterocycles. The molecule has 0 radical (unpaired) electrons. The molecule has 2 aromatic carbocycles. The molecule has 4 atom stereocenters. The lowest BCUT2D eigenvalue weighted by Crippen LogP contribution is -2.48. The molecule has 1 saturated carbocycles. The fraction of sp³-hybridized carbons (Fsp3) is 0.458. The molecule has 29 heavy (non-hydrogen) atoms. The van der Waals surface area contributed by atoms with Gasteiger partial charge in [0.1, 0.15) is 12.4 Å². The predicted octanol–water partition coefficient (Wildman–Crippen LogP) is 2.97. The van der Waals surface area contributed by atoms with Gasteiger partial charge in [0.25, 0.3) is 0 Å². The first-order chi connectivity index (χ1) is 14.1. The molecule has 154 valence electrons. The van der Waals surface area contributed by atoms with Crippen LogP contribution in [0.5, 0.6) is 5.75 Å². The number of nitrogens with zero attached hydrogens (tertiary/aromatic N) is 1. The number of likely N-dealkylation sites (tertiary alicyclic amines) is 1. The zero-order valence-corrected chi connectivity index (χ0v) is 17.0. The van der Waals surface area contributed by atoms with E-state index in [1.165, 1.54) is 12.5 Å². The van der Waals surface area contributed by atoms with Crippen LogP contribution in [0, 0.1) is 11.8 Å². The van der Waals surface area contributed by atoms with Crippen molar-refractivity contribution in [2.75, 3.05) is 13.1 Å². The van der Waals surface area contributed by atoms with Crippen molar-refractivity contribution in [3.63, 3.8) is 0 Å². The monoisotopic (exact) mass is 394 g/mol. The number of ether oxygens (including phenoxy) is 1. The van der Waals surface area contributed by atoms with E-state index in [4.69, 9.17) is 4.74 Å². The van der Waals surface area contributed by atoms with Gasteiger partial charge >= 0.3 is 0 Å². The average Bonchev–Trinajstić information content (AvgIpc) is 3.08. The minimum absolute atomic E-state index is 0.0605. The highest BCUT2D eigenvalue weighted by atomic mass is 16.5. The highest BCUT2D eigenvalue weighted by Gasteiger charge is 2.41. The maximum Gasteiger partial charge on any atom is 0.217 e. The average molecular weight is 395 g/mol. The van der Waals surface area contributed by atoms with E-state index < -0.39 is 6.10 Å². The van der Waals surface area contributed by atoms with Gasteiger partial charge in [-0.3, -0.25) is 9.69 Å². The summed E-state index contributed by atoms with van der Waals surface area (Å²) in [5.74, 6) is 1.87. The zero-order valence-electron chi connectivity index (χ0n) is 17.0. The summed E-state index contributed by atoms with van der Waals surface area (Å²) in [5, 5.41) is 13.3. The molecule has 2 N–H and O–H groups in total. The molecule has 5 heteroatoms. The second-order valence-corrected chi connectivity index (χ2v) is 8.48. The molecule has 0 spiro atoms. The Hall–Kier alpha value is -2.37. The Labute approximate surface area is 172 Å². The van der Waals surface area contributed by atoms with E-state index in [-0.39, 0.29) is 11.9 Å². The van der Waals surface area contributed by atoms with Crippen molar-refractivity contribution in [1.29, 1.82) is 0 Å². The van der Waals surface area contributed by atoms with Gasteiger partial charge in [-0.15, -0.1) is 0 Å². The van der Waals surface area contributed by atoms with Gasteiger partial charge in [-0.05, 0) is 47.9 Å². The van der Waals surface area contributed by atoms with Gasteiger partial charge in [0.05, 0.1) is 12.1 Å². The fourth-order valence-electron chi connectivity index (χ4n) is 4.81. The summed E-state index contributed by atoms with van der Waals surface area (Å²) in [7, 11) is 0. The molecule has 0 aromatic heterocycles. The molecule has 5 nitrogen and oxygen atoms in total. The van der Waals surface area contributed by atoms with E-state index in [0.29, 0.717) is 18.4 Å². The summed E-state index contributed by atoms with van der Waals surface area (Å²) in [6, 6.07) is 18.4. The van der Waals surface area contributed by atoms with Crippen LogP contribution in [-0.2, 0) is 17.9 Å². The van der Waals surface area contributed by atoms with E-state index in [1.54, 1.807) is 0 Å². The van der Waals surface area contributed by atoms with E-state index in [1.807, 2.05) is 24.3 Å². The molecule has 1 aliphatic heterocycles. The maximum absolute atomic E-state index is 11.4. The van der Waals surface area contributed by atoms with Crippen LogP contribution >= 0.6 is 0 Å². The lowest BCUT2D eigenvalue weighted by atomic mass is 9.77. The molecule has 1 heterocycles. The van der Waals surface area contributed by atoms with Crippen molar-refractivity contribution >= 4 is 5.91 Å². The Bertz CT molecular complexity index is 826. The van der Waals surface area contributed by atoms with Gasteiger partial charge in [0.2, 0.25) is 5.91 Å². The summed E-state index contributed by atoms with van der Waals surface area (Å²) in [5.41, 5.74) is 2.40. The smallest absolute Gasteiger partial charge is 0.217 e. The highest BCUT2D eigenvalue weighted by Crippen LogP contribution is 2.37. The summed E-state index contributed by atoms with van der Waals surface area (Å²) < 4.78 is 5.97. The molecule has 2 aromatic rings. The van der Waals surface area contributed by atoms with Gasteiger partial charge in [-0.1, -0.05) is 42.5 Å². The number of carbonyl (C=O) groups excluding carboxylic acids is 1. The first-order valence-electron chi connectivity index (χ1n) is 10.5. The molecule has 1 amide bonds. The van der Waals surface area contributed by atoms with Crippen LogP contribution in [0.4, 0.5) is 0 Å². The first kappa shape index (κ1) is 19.9. The number of rotatable bonds is 6. The number of fused-ring (bicyclic) bond motifs is 1. The Morgan fingerprint density at radius 2 is 1.79 bits per heavy atom. The molecule has 1 aliphatic carbocycles. The normalized spacial score (nSPS) is 26.7. The number of hydrogen-bond donors (Lipinski definition) is 2. The SMILES string of the molecule is CC(=O)N[C@@H]1C[C@@H]2CN(Cc3cccc(OCc4ccccc4)c3)C[C@@H]2C[C@H]1O. The Morgan fingerprint density at radius 3 is 2.55 bits per heavy atom. The standard InChI is InChI=1S/C24H30N2O3/c1-17(27)25-23-11-20-14-26(15-21(20)12-24(23)28)13-19-8-5-9-22(10-19)29-16-18-6-3-2-4-7-18/h2-10,20-21,23-24,28H,11-16H2,1H3,(H,25,27)/t20-,21+,23-,24-/m1/s1. The number of hydrogen-bond acceptors (Lipinski definition) is 4. The molecule has 2 fully saturated rings. The van der Waals surface area contributed by atoms with Gasteiger partial charge in [0, 0.05) is 26.6 Å². The van der Waals surface area contributed by atoms with Crippen LogP contribution in [0.1, 0.15) is 30.9 Å². The van der Waals surface area contributed by atoms with Crippen molar-refractivity contribution in [2.45, 2.75) is 45.1 Å². The Kier molecular flexibility index (Phi) is 6.16. The summed E-state index contributed by atoms with van der Waals surface area (Å²) in [6.07, 6.45) is 1.20. The lowest BCUT2D eigenvalue weighted by Gasteiger charge is -2.35. The molecule has 0 bridgehead atoms. The molecular formula is C24H30N2O3. The van der Waals surface area contributed by atoms with Gasteiger partial charge in [-0.2, -0.15) is 0 Å². The number of carbonyl (C=O) groups is 1. The summed E-state index contributed by atoms with van der Waals surface area (Å²) in [4.78, 5) is 13.9. The fourth-order valence-corrected chi connectivity index (χ4v) is 4.81. The first-order valence-corrected chi connectivity index (χ1v) is 10.5. The lowest BCUT2D eigenvalue weighted by molar-refractivity contribution is -0.121. The number of aliphatic hydroxyl groups excluding tert-OH is 1. The largest absolute Gasteiger partial charge is 0.489 e. The third-order valence-electron chi connectivity index (χ3n) is 6.16. The molecule has 0 unspecified atom stereocenters. The van der Waals surface area contributed by atoms with Crippen molar-refractivity contribution in [2.24, 2.45) is 11.8 Å². The second-order valence-electron chi connectivity index (χ2n) is 8.48. The Balaban J connectivity index is 1.33. The molecule has 2 aliphatic rings. The number of nitrogens with one attached hydrogen (secondary N) is 1. The van der Waals surface area contributed by atoms with E-state index >= 15 is 0 Å². The van der Waals surface area contributed by atoms with Gasteiger partial charge in [0.15, 0.2) is 0 Å². The summed E-state index contributed by atoms with van der Waals surface area (Å²) in [6.45, 7) is 5.00. The van der Waals surface area contributed by atoms with Crippen molar-refractivity contribution in [3.05, 3.63) is 65.7 Å². The van der Waals surface area contributed by atoms with Crippen LogP contribution in [-0.4, -0.2) is 41.1 Å². The predicted molar refractivity (Wildman–Crippen MR) is 112 cm³/mol. The number of amides is 1. The van der Waals surface area contributed by atoms with Crippen LogP contribution in [0.25, 0.3) is 0 Å². The minimum Gasteiger partial charge on any atom is -0.489 e. The van der Waals surface area contributed by atoms with Gasteiger partial charge in [-0.25, -0.2) is 0 Å². The third-order valence-corrected chi connectivity index (χ3v) is 6.16. The van der Waals surface area contributed by atoms with Crippen molar-refractivity contribution in [3.8, 4) is 5.75 Å². The molecular weight excluding hydrogens is 364 g/mol. The molecule has 4 rings (SSSR count). The highest BCUT2D eigenvalue weighted by molar-refractivity contribution is 5.73. The van der Waals surface area contributed by atoms with E-state index in [9.17, 15) is 9.90 Å². The van der Waals surface area contributed by atoms with Crippen LogP contribution < -0.4 is 10.1 Å². The minimum atomic E-state index is -0.435. The second kappa shape index (κ2) is 8.97. The van der Waals surface area contributed by atoms with Gasteiger partial charge < -0.3 is 15.2 Å². The van der Waals surface area contributed by atoms with Crippen LogP contribution in [0.3, 0.4) is 0 Å². The maximum atomic E-state index is 11.4. The van der Waals surface area contributed by atoms with Crippen molar-refractivity contribution < 1.29 is 14.6 Å². The van der Waals surface area contributed by atoms with Crippen LogP contribution in [0.15, 0.2) is 54.6 Å². The number of aliphatic hydroxyl groups is 1. The topological polar surface area (TPSA) is 61.8 Å². The Morgan fingerprint density at radius 1 is 1.07 bits per heavy atom. The third kappa shape index (κ3) is 5.17.